The molecule has 1 unspecified atom stereocenters. The Balaban J connectivity index is 0.000000173. The number of carbonyl (C=O) groups excluding carboxylic acids is 3. The molecule has 13 heteroatoms. The Morgan fingerprint density at radius 2 is 1.70 bits per heavy atom. The number of anilines is 2. The molecule has 0 bridgehead atoms. The first-order chi connectivity index (χ1) is 26.1. The van der Waals surface area contributed by atoms with E-state index in [0.29, 0.717) is 34.2 Å². The van der Waals surface area contributed by atoms with E-state index in [1.165, 1.54) is 18.2 Å². The summed E-state index contributed by atoms with van der Waals surface area (Å²) in [5.74, 6) is -1.38. The first kappa shape index (κ1) is 38.6. The number of ether oxygens (including phenoxy) is 1. The molecular weight excluding hydrogens is 716 g/mol. The van der Waals surface area contributed by atoms with Gasteiger partial charge in [-0.05, 0) is 93.8 Å². The van der Waals surface area contributed by atoms with Gasteiger partial charge >= 0.3 is 0 Å². The maximum atomic E-state index is 15.0. The van der Waals surface area contributed by atoms with Crippen molar-refractivity contribution in [3.8, 4) is 10.4 Å². The molecule has 1 atom stereocenters. The molecule has 0 radical (unpaired) electrons. The Morgan fingerprint density at radius 1 is 1.02 bits per heavy atom. The third-order valence-electron chi connectivity index (χ3n) is 10.2. The van der Waals surface area contributed by atoms with Gasteiger partial charge in [0.25, 0.3) is 5.91 Å². The topological polar surface area (TPSA) is 118 Å². The lowest BCUT2D eigenvalue weighted by atomic mass is 9.73. The second kappa shape index (κ2) is 16.9. The Hall–Kier alpha value is -5.11. The summed E-state index contributed by atoms with van der Waals surface area (Å²) in [5, 5.41) is 2.90. The third-order valence-corrected chi connectivity index (χ3v) is 11.5. The van der Waals surface area contributed by atoms with Crippen LogP contribution in [0.5, 0.6) is 0 Å². The molecule has 282 valence electrons. The Kier molecular flexibility index (Phi) is 12.1. The number of likely N-dealkylation sites (N-methyl/N-ethyl adjacent to an activating group) is 1. The summed E-state index contributed by atoms with van der Waals surface area (Å²) in [6.07, 6.45) is 10.6. The van der Waals surface area contributed by atoms with Crippen molar-refractivity contribution in [2.45, 2.75) is 38.6 Å². The normalized spacial score (nSPS) is 18.3. The number of halogens is 3. The quantitative estimate of drug-likeness (QED) is 0.207. The number of pyridine rings is 1. The average Bonchev–Trinajstić information content (AvgIpc) is 3.40. The van der Waals surface area contributed by atoms with E-state index < -0.39 is 17.5 Å². The van der Waals surface area contributed by atoms with E-state index in [9.17, 15) is 18.4 Å². The Morgan fingerprint density at radius 3 is 2.37 bits per heavy atom. The lowest BCUT2D eigenvalue weighted by Crippen LogP contribution is -2.59. The van der Waals surface area contributed by atoms with E-state index in [4.69, 9.17) is 9.53 Å². The van der Waals surface area contributed by atoms with E-state index in [2.05, 4.69) is 31.9 Å². The molecule has 8 rings (SSSR count). The summed E-state index contributed by atoms with van der Waals surface area (Å²) < 4.78 is 48.8. The van der Waals surface area contributed by atoms with Crippen molar-refractivity contribution >= 4 is 47.0 Å². The Bertz CT molecular complexity index is 2050. The fourth-order valence-corrected chi connectivity index (χ4v) is 8.67. The predicted octanol–water partition coefficient (Wildman–Crippen LogP) is 7.21. The number of amides is 2. The van der Waals surface area contributed by atoms with Crippen LogP contribution in [0.15, 0.2) is 72.8 Å². The molecule has 2 saturated heterocycles. The van der Waals surface area contributed by atoms with Crippen molar-refractivity contribution < 1.29 is 32.3 Å². The number of carbonyl (C=O) groups is 3. The number of allylic oxidation sites excluding steroid dienone is 2. The second-order valence-corrected chi connectivity index (χ2v) is 14.8. The van der Waals surface area contributed by atoms with Gasteiger partial charge in [-0.1, -0.05) is 24.3 Å². The van der Waals surface area contributed by atoms with Crippen LogP contribution in [0, 0.1) is 29.8 Å². The lowest BCUT2D eigenvalue weighted by Gasteiger charge is -2.53. The SMILES string of the molecule is CN1CCc2c(sc(-c3c(F)cccc3F)c2F)C2=CC=CCC21.Cc1ccc(C(=O)Nc2ccc(C=O)cc2)c(N2CC3(CCOCC3)C2)n1.NC=O. The molecule has 9 nitrogen and oxygen atoms in total. The van der Waals surface area contributed by atoms with Crippen LogP contribution < -0.4 is 16.0 Å². The van der Waals surface area contributed by atoms with Crippen molar-refractivity contribution in [3.63, 3.8) is 0 Å². The molecule has 3 N–H and O–H groups in total. The number of nitrogens with one attached hydrogen (secondary N) is 1. The highest BCUT2D eigenvalue weighted by Crippen LogP contribution is 2.45. The molecule has 4 aromatic rings. The highest BCUT2D eigenvalue weighted by molar-refractivity contribution is 7.16. The van der Waals surface area contributed by atoms with Crippen LogP contribution in [-0.2, 0) is 16.0 Å². The number of aryl methyl sites for hydroxylation is 1. The fraction of sp³-hybridized carbons (Fsp3) is 0.317. The van der Waals surface area contributed by atoms with E-state index in [0.717, 1.165) is 91.7 Å². The van der Waals surface area contributed by atoms with E-state index >= 15 is 4.39 Å². The number of primary amides is 1. The van der Waals surface area contributed by atoms with Crippen LogP contribution >= 0.6 is 11.3 Å². The number of thiophene rings is 1. The minimum Gasteiger partial charge on any atom is -0.381 e. The number of aromatic nitrogens is 1. The molecule has 4 aliphatic rings. The van der Waals surface area contributed by atoms with Gasteiger partial charge in [-0.3, -0.25) is 19.3 Å². The molecule has 0 saturated carbocycles. The van der Waals surface area contributed by atoms with Crippen molar-refractivity contribution in [1.29, 1.82) is 0 Å². The van der Waals surface area contributed by atoms with Crippen LogP contribution in [0.25, 0.3) is 16.0 Å². The molecule has 2 aromatic heterocycles. The number of benzene rings is 2. The first-order valence-electron chi connectivity index (χ1n) is 17.7. The van der Waals surface area contributed by atoms with Crippen LogP contribution in [-0.4, -0.2) is 74.4 Å². The third kappa shape index (κ3) is 8.18. The molecule has 54 heavy (non-hydrogen) atoms. The van der Waals surface area contributed by atoms with Gasteiger partial charge in [0.15, 0.2) is 0 Å². The van der Waals surface area contributed by atoms with Crippen LogP contribution in [0.2, 0.25) is 0 Å². The summed E-state index contributed by atoms with van der Waals surface area (Å²) in [4.78, 5) is 42.1. The first-order valence-corrected chi connectivity index (χ1v) is 18.5. The van der Waals surface area contributed by atoms with Crippen LogP contribution in [0.3, 0.4) is 0 Å². The highest BCUT2D eigenvalue weighted by atomic mass is 32.1. The molecule has 1 spiro atoms. The highest BCUT2D eigenvalue weighted by Gasteiger charge is 2.45. The van der Waals surface area contributed by atoms with Crippen LogP contribution in [0.4, 0.5) is 24.7 Å². The van der Waals surface area contributed by atoms with Crippen molar-refractivity contribution in [1.82, 2.24) is 9.88 Å². The van der Waals surface area contributed by atoms with Gasteiger partial charge in [0.05, 0.1) is 16.0 Å². The van der Waals surface area contributed by atoms with Gasteiger partial charge in [-0.2, -0.15) is 0 Å². The van der Waals surface area contributed by atoms with E-state index in [1.807, 2.05) is 38.3 Å². The van der Waals surface area contributed by atoms with Crippen molar-refractivity contribution in [2.75, 3.05) is 50.1 Å². The van der Waals surface area contributed by atoms with Gasteiger partial charge < -0.3 is 20.7 Å². The largest absolute Gasteiger partial charge is 0.381 e. The van der Waals surface area contributed by atoms with Gasteiger partial charge in [-0.15, -0.1) is 11.3 Å². The summed E-state index contributed by atoms with van der Waals surface area (Å²) in [7, 11) is 2.03. The van der Waals surface area contributed by atoms with E-state index in [-0.39, 0.29) is 28.8 Å². The molecular formula is C41H42F3N5O4S. The Labute approximate surface area is 316 Å². The fourth-order valence-electron chi connectivity index (χ4n) is 7.32. The lowest BCUT2D eigenvalue weighted by molar-refractivity contribution is -0.106. The summed E-state index contributed by atoms with van der Waals surface area (Å²) in [6.45, 7) is 6.13. The monoisotopic (exact) mass is 757 g/mol. The number of nitrogens with two attached hydrogens (primary N) is 1. The van der Waals surface area contributed by atoms with E-state index in [1.54, 1.807) is 24.3 Å². The average molecular weight is 758 g/mol. The second-order valence-electron chi connectivity index (χ2n) is 13.8. The molecule has 2 aromatic carbocycles. The standard InChI is InChI=1S/C21H23N3O3.C19H16F3NS.CH3NO/c1-15-2-7-18(20(26)23-17-5-3-16(12-25)4-6-17)19(22-15)24-13-21(14-24)8-10-27-11-9-21;1-23-10-9-12-17(22)19(16-13(20)6-4-7-14(16)21)24-18(12)11-5-2-3-8-15(11)23;2-1-3/h2-7,12H,8-11,13-14H2,1H3,(H,23,26);2-7,15H,8-10H2,1H3;1H,(H2,2,3). The van der Waals surface area contributed by atoms with Gasteiger partial charge in [0.2, 0.25) is 6.41 Å². The van der Waals surface area contributed by atoms with Gasteiger partial charge in [0.1, 0.15) is 29.6 Å². The number of rotatable bonds is 5. The molecule has 2 amide bonds. The smallest absolute Gasteiger partial charge is 0.259 e. The van der Waals surface area contributed by atoms with Crippen LogP contribution in [0.1, 0.15) is 56.1 Å². The number of hydrogen-bond donors (Lipinski definition) is 2. The molecule has 3 aliphatic heterocycles. The maximum absolute atomic E-state index is 15.0. The summed E-state index contributed by atoms with van der Waals surface area (Å²) in [6, 6.07) is 14.3. The summed E-state index contributed by atoms with van der Waals surface area (Å²) >= 11 is 1.16. The minimum atomic E-state index is -0.725. The van der Waals surface area contributed by atoms with Crippen molar-refractivity contribution in [3.05, 3.63) is 118 Å². The number of aldehydes is 1. The zero-order chi connectivity index (χ0) is 38.4. The molecule has 5 heterocycles. The molecule has 2 fully saturated rings. The predicted molar refractivity (Wildman–Crippen MR) is 205 cm³/mol. The molecule has 1 aliphatic carbocycles. The minimum absolute atomic E-state index is 0.0642. The number of nitrogens with zero attached hydrogens (tertiary/aromatic N) is 3. The summed E-state index contributed by atoms with van der Waals surface area (Å²) in [5.41, 5.74) is 8.53. The zero-order valence-electron chi connectivity index (χ0n) is 30.1. The van der Waals surface area contributed by atoms with Crippen molar-refractivity contribution in [2.24, 2.45) is 11.1 Å². The van der Waals surface area contributed by atoms with Gasteiger partial charge in [-0.25, -0.2) is 18.2 Å². The number of hydrogen-bond acceptors (Lipinski definition) is 8. The maximum Gasteiger partial charge on any atom is 0.259 e. The number of fused-ring (bicyclic) bond motifs is 3. The van der Waals surface area contributed by atoms with Gasteiger partial charge in [0, 0.05) is 71.7 Å². The zero-order valence-corrected chi connectivity index (χ0v) is 30.9.